The van der Waals surface area contributed by atoms with E-state index in [2.05, 4.69) is 66.4 Å². The minimum atomic E-state index is -0.216. The minimum absolute atomic E-state index is 0.216. The summed E-state index contributed by atoms with van der Waals surface area (Å²) in [5.74, 6) is 1.52. The highest BCUT2D eigenvalue weighted by atomic mass is 16.2. The second-order valence-electron chi connectivity index (χ2n) is 8.62. The van der Waals surface area contributed by atoms with Crippen molar-refractivity contribution in [1.82, 2.24) is 40.7 Å². The molecule has 174 valence electrons. The van der Waals surface area contributed by atoms with Crippen LogP contribution in [0.2, 0.25) is 0 Å². The first-order valence-electron chi connectivity index (χ1n) is 11.9. The number of amides is 1. The van der Waals surface area contributed by atoms with Crippen LogP contribution in [0, 0.1) is 0 Å². The number of hydrogen-bond donors (Lipinski definition) is 2. The number of H-pyrrole nitrogens is 1. The lowest BCUT2D eigenvalue weighted by atomic mass is 9.95. The molecule has 4 aromatic rings. The molecule has 1 aliphatic rings. The Balaban J connectivity index is 1.42. The highest BCUT2D eigenvalue weighted by Gasteiger charge is 2.23. The average molecular weight is 457 g/mol. The van der Waals surface area contributed by atoms with Gasteiger partial charge < -0.3 is 5.32 Å². The Kier molecular flexibility index (Phi) is 6.42. The van der Waals surface area contributed by atoms with E-state index in [1.807, 2.05) is 29.8 Å². The zero-order chi connectivity index (χ0) is 23.3. The molecule has 1 fully saturated rings. The molecule has 0 atom stereocenters. The van der Waals surface area contributed by atoms with E-state index in [0.717, 1.165) is 40.9 Å². The van der Waals surface area contributed by atoms with Gasteiger partial charge in [0.05, 0.1) is 6.04 Å². The third kappa shape index (κ3) is 4.59. The fraction of sp³-hybridized carbons (Fsp3) is 0.360. The molecule has 1 amide bonds. The topological polar surface area (TPSA) is 114 Å². The molecule has 0 radical (unpaired) electrons. The third-order valence-corrected chi connectivity index (χ3v) is 6.32. The molecule has 0 unspecified atom stereocenters. The number of carbonyl (C=O) groups is 1. The molecule has 34 heavy (non-hydrogen) atoms. The number of rotatable bonds is 7. The molecule has 5 rings (SSSR count). The zero-order valence-electron chi connectivity index (χ0n) is 19.2. The van der Waals surface area contributed by atoms with Gasteiger partial charge >= 0.3 is 0 Å². The van der Waals surface area contributed by atoms with Crippen LogP contribution < -0.4 is 5.32 Å². The van der Waals surface area contributed by atoms with Gasteiger partial charge in [-0.2, -0.15) is 0 Å². The average Bonchev–Trinajstić information content (AvgIpc) is 3.56. The summed E-state index contributed by atoms with van der Waals surface area (Å²) in [5.41, 5.74) is 4.20. The SMILES string of the molecule is CCNC(=O)c1nc(Cc2ccc(-c3ccccc3-c3nnn[nH]3)cc2)n(C2CCCCC2)n1. The quantitative estimate of drug-likeness (QED) is 0.435. The molecule has 0 saturated heterocycles. The van der Waals surface area contributed by atoms with Gasteiger partial charge in [-0.25, -0.2) is 14.8 Å². The van der Waals surface area contributed by atoms with Crippen molar-refractivity contribution in [1.29, 1.82) is 0 Å². The summed E-state index contributed by atoms with van der Waals surface area (Å²) in [4.78, 5) is 17.1. The summed E-state index contributed by atoms with van der Waals surface area (Å²) in [7, 11) is 0. The molecule has 2 aromatic heterocycles. The number of nitrogens with zero attached hydrogens (tertiary/aromatic N) is 6. The van der Waals surface area contributed by atoms with E-state index >= 15 is 0 Å². The van der Waals surface area contributed by atoms with Crippen LogP contribution in [0.5, 0.6) is 0 Å². The molecule has 9 nitrogen and oxygen atoms in total. The summed E-state index contributed by atoms with van der Waals surface area (Å²) >= 11 is 0. The molecular formula is C25H28N8O. The zero-order valence-corrected chi connectivity index (χ0v) is 19.2. The lowest BCUT2D eigenvalue weighted by Crippen LogP contribution is -2.24. The van der Waals surface area contributed by atoms with Crippen molar-refractivity contribution in [3.63, 3.8) is 0 Å². The Hall–Kier alpha value is -3.88. The van der Waals surface area contributed by atoms with Crippen LogP contribution >= 0.6 is 0 Å². The molecule has 0 spiro atoms. The second kappa shape index (κ2) is 9.94. The molecule has 0 bridgehead atoms. The van der Waals surface area contributed by atoms with Crippen LogP contribution in [0.1, 0.15) is 67.1 Å². The standard InChI is InChI=1S/C25H28N8O/c1-2-26-25(34)24-27-22(33(30-24)19-8-4-3-5-9-19)16-17-12-14-18(15-13-17)20-10-6-7-11-21(20)23-28-31-32-29-23/h6-7,10-15,19H,2-5,8-9,16H2,1H3,(H,26,34)(H,28,29,31,32). The van der Waals surface area contributed by atoms with Crippen molar-refractivity contribution in [3.05, 3.63) is 65.7 Å². The molecular weight excluding hydrogens is 428 g/mol. The van der Waals surface area contributed by atoms with Gasteiger partial charge in [0, 0.05) is 18.5 Å². The van der Waals surface area contributed by atoms with Gasteiger partial charge in [-0.15, -0.1) is 10.2 Å². The molecule has 1 aliphatic carbocycles. The predicted octanol–water partition coefficient (Wildman–Crippen LogP) is 3.97. The predicted molar refractivity (Wildman–Crippen MR) is 128 cm³/mol. The summed E-state index contributed by atoms with van der Waals surface area (Å²) in [5, 5.41) is 21.8. The smallest absolute Gasteiger partial charge is 0.290 e. The van der Waals surface area contributed by atoms with Gasteiger partial charge in [-0.05, 0) is 46.9 Å². The lowest BCUT2D eigenvalue weighted by Gasteiger charge is -2.23. The Labute approximate surface area is 198 Å². The maximum Gasteiger partial charge on any atom is 0.290 e. The van der Waals surface area contributed by atoms with Crippen LogP contribution in [0.15, 0.2) is 48.5 Å². The van der Waals surface area contributed by atoms with Crippen LogP contribution in [0.3, 0.4) is 0 Å². The van der Waals surface area contributed by atoms with Gasteiger partial charge in [-0.3, -0.25) is 4.79 Å². The highest BCUT2D eigenvalue weighted by Crippen LogP contribution is 2.31. The van der Waals surface area contributed by atoms with Crippen molar-refractivity contribution in [3.8, 4) is 22.5 Å². The number of nitrogens with one attached hydrogen (secondary N) is 2. The summed E-state index contributed by atoms with van der Waals surface area (Å²) in [6, 6.07) is 16.8. The number of hydrogen-bond acceptors (Lipinski definition) is 6. The van der Waals surface area contributed by atoms with Crippen molar-refractivity contribution < 1.29 is 4.79 Å². The molecule has 1 saturated carbocycles. The van der Waals surface area contributed by atoms with Gasteiger partial charge in [0.15, 0.2) is 5.82 Å². The Morgan fingerprint density at radius 3 is 2.53 bits per heavy atom. The van der Waals surface area contributed by atoms with E-state index < -0.39 is 0 Å². The van der Waals surface area contributed by atoms with E-state index in [0.29, 0.717) is 24.8 Å². The van der Waals surface area contributed by atoms with Gasteiger partial charge in [0.2, 0.25) is 5.82 Å². The van der Waals surface area contributed by atoms with Gasteiger partial charge in [0.25, 0.3) is 5.91 Å². The monoisotopic (exact) mass is 456 g/mol. The summed E-state index contributed by atoms with van der Waals surface area (Å²) < 4.78 is 2.00. The summed E-state index contributed by atoms with van der Waals surface area (Å²) in [6.45, 7) is 2.45. The molecule has 2 aromatic carbocycles. The molecule has 2 N–H and O–H groups in total. The Morgan fingerprint density at radius 1 is 1.06 bits per heavy atom. The van der Waals surface area contributed by atoms with Crippen LogP contribution in [-0.4, -0.2) is 47.8 Å². The van der Waals surface area contributed by atoms with E-state index in [1.54, 1.807) is 0 Å². The fourth-order valence-electron chi connectivity index (χ4n) is 4.63. The van der Waals surface area contributed by atoms with Crippen LogP contribution in [0.25, 0.3) is 22.5 Å². The molecule has 9 heteroatoms. The third-order valence-electron chi connectivity index (χ3n) is 6.32. The summed E-state index contributed by atoms with van der Waals surface area (Å²) in [6.07, 6.45) is 6.42. The van der Waals surface area contributed by atoms with Crippen molar-refractivity contribution in [2.24, 2.45) is 0 Å². The van der Waals surface area contributed by atoms with Crippen LogP contribution in [-0.2, 0) is 6.42 Å². The lowest BCUT2D eigenvalue weighted by molar-refractivity contribution is 0.0944. The number of benzene rings is 2. The normalized spacial score (nSPS) is 14.3. The van der Waals surface area contributed by atoms with Gasteiger partial charge in [0.1, 0.15) is 5.82 Å². The number of tetrazole rings is 1. The van der Waals surface area contributed by atoms with E-state index in [1.165, 1.54) is 19.3 Å². The molecule has 2 heterocycles. The largest absolute Gasteiger partial charge is 0.350 e. The number of carbonyl (C=O) groups excluding carboxylic acids is 1. The minimum Gasteiger partial charge on any atom is -0.350 e. The van der Waals surface area contributed by atoms with E-state index in [4.69, 9.17) is 0 Å². The fourth-order valence-corrected chi connectivity index (χ4v) is 4.63. The maximum atomic E-state index is 12.4. The van der Waals surface area contributed by atoms with Crippen molar-refractivity contribution in [2.75, 3.05) is 6.54 Å². The first-order chi connectivity index (χ1) is 16.7. The Morgan fingerprint density at radius 2 is 1.82 bits per heavy atom. The number of aromatic amines is 1. The van der Waals surface area contributed by atoms with Gasteiger partial charge in [-0.1, -0.05) is 67.8 Å². The van der Waals surface area contributed by atoms with Crippen molar-refractivity contribution >= 4 is 5.91 Å². The van der Waals surface area contributed by atoms with Crippen LogP contribution in [0.4, 0.5) is 0 Å². The Bertz CT molecular complexity index is 1240. The first kappa shape index (κ1) is 21.9. The second-order valence-corrected chi connectivity index (χ2v) is 8.62. The number of aromatic nitrogens is 7. The van der Waals surface area contributed by atoms with E-state index in [-0.39, 0.29) is 11.7 Å². The maximum absolute atomic E-state index is 12.4. The first-order valence-corrected chi connectivity index (χ1v) is 11.9. The molecule has 0 aliphatic heterocycles. The van der Waals surface area contributed by atoms with Crippen molar-refractivity contribution in [2.45, 2.75) is 51.5 Å². The highest BCUT2D eigenvalue weighted by molar-refractivity contribution is 5.90. The van der Waals surface area contributed by atoms with E-state index in [9.17, 15) is 4.79 Å².